The first-order valence-electron chi connectivity index (χ1n) is 7.19. The first-order valence-corrected chi connectivity index (χ1v) is 8.31. The molecule has 0 bridgehead atoms. The zero-order valence-electron chi connectivity index (χ0n) is 12.9. The Morgan fingerprint density at radius 2 is 1.68 bits per heavy atom. The number of hydrogen-bond acceptors (Lipinski definition) is 2. The highest BCUT2D eigenvalue weighted by molar-refractivity contribution is 9.09. The second-order valence-corrected chi connectivity index (χ2v) is 7.88. The van der Waals surface area contributed by atoms with Crippen LogP contribution >= 0.6 is 15.9 Å². The molecule has 112 valence electrons. The number of hydrogen-bond donors (Lipinski definition) is 1. The highest BCUT2D eigenvalue weighted by Gasteiger charge is 2.33. The lowest BCUT2D eigenvalue weighted by Crippen LogP contribution is -2.42. The number of nitrogens with one attached hydrogen (secondary N) is 1. The second-order valence-electron chi connectivity index (χ2n) is 7.32. The molecule has 0 atom stereocenters. The van der Waals surface area contributed by atoms with E-state index in [-0.39, 0.29) is 12.1 Å². The van der Waals surface area contributed by atoms with Crippen LogP contribution in [0.15, 0.2) is 0 Å². The van der Waals surface area contributed by atoms with E-state index < -0.39 is 5.60 Å². The van der Waals surface area contributed by atoms with Crippen molar-refractivity contribution in [3.05, 3.63) is 0 Å². The van der Waals surface area contributed by atoms with Crippen molar-refractivity contribution in [2.45, 2.75) is 71.9 Å². The van der Waals surface area contributed by atoms with E-state index in [0.717, 1.165) is 24.1 Å². The zero-order valence-corrected chi connectivity index (χ0v) is 14.5. The summed E-state index contributed by atoms with van der Waals surface area (Å²) >= 11 is 3.61. The molecule has 1 fully saturated rings. The number of carbonyl (C=O) groups is 1. The van der Waals surface area contributed by atoms with Gasteiger partial charge in [-0.05, 0) is 57.8 Å². The quantitative estimate of drug-likeness (QED) is 0.772. The van der Waals surface area contributed by atoms with Gasteiger partial charge in [-0.3, -0.25) is 0 Å². The Hall–Kier alpha value is -0.250. The van der Waals surface area contributed by atoms with Crippen LogP contribution in [0.1, 0.15) is 60.3 Å². The smallest absolute Gasteiger partial charge is 0.407 e. The van der Waals surface area contributed by atoms with Gasteiger partial charge in [-0.25, -0.2) is 4.79 Å². The summed E-state index contributed by atoms with van der Waals surface area (Å²) in [5, 5.41) is 4.03. The fourth-order valence-corrected chi connectivity index (χ4v) is 3.06. The predicted molar refractivity (Wildman–Crippen MR) is 82.7 cm³/mol. The fourth-order valence-electron chi connectivity index (χ4n) is 2.60. The summed E-state index contributed by atoms with van der Waals surface area (Å²) in [7, 11) is 0. The van der Waals surface area contributed by atoms with Gasteiger partial charge in [0.15, 0.2) is 0 Å². The van der Waals surface area contributed by atoms with Crippen LogP contribution in [-0.4, -0.2) is 23.1 Å². The molecule has 0 aromatic rings. The van der Waals surface area contributed by atoms with Gasteiger partial charge in [0, 0.05) is 11.4 Å². The number of alkyl halides is 1. The van der Waals surface area contributed by atoms with Crippen molar-refractivity contribution in [3.63, 3.8) is 0 Å². The average molecular weight is 334 g/mol. The SMILES string of the molecule is CC(C)(C)OC(=O)NC1CCC(C(C)(C)CBr)CC1. The van der Waals surface area contributed by atoms with Crippen molar-refractivity contribution in [2.75, 3.05) is 5.33 Å². The molecule has 0 heterocycles. The van der Waals surface area contributed by atoms with Gasteiger partial charge >= 0.3 is 6.09 Å². The zero-order chi connectivity index (χ0) is 14.7. The molecule has 1 amide bonds. The molecule has 0 unspecified atom stereocenters. The molecule has 1 rings (SSSR count). The van der Waals surface area contributed by atoms with Crippen molar-refractivity contribution < 1.29 is 9.53 Å². The number of ether oxygens (including phenoxy) is 1. The van der Waals surface area contributed by atoms with Crippen LogP contribution in [0.2, 0.25) is 0 Å². The molecule has 1 saturated carbocycles. The van der Waals surface area contributed by atoms with Crippen LogP contribution in [0.4, 0.5) is 4.79 Å². The highest BCUT2D eigenvalue weighted by atomic mass is 79.9. The largest absolute Gasteiger partial charge is 0.444 e. The van der Waals surface area contributed by atoms with E-state index in [2.05, 4.69) is 35.1 Å². The van der Waals surface area contributed by atoms with Crippen molar-refractivity contribution in [1.82, 2.24) is 5.32 Å². The fraction of sp³-hybridized carbons (Fsp3) is 0.933. The Morgan fingerprint density at radius 1 is 1.16 bits per heavy atom. The lowest BCUT2D eigenvalue weighted by atomic mass is 9.71. The van der Waals surface area contributed by atoms with Gasteiger partial charge < -0.3 is 10.1 Å². The molecule has 4 heteroatoms. The molecular formula is C15H28BrNO2. The minimum absolute atomic E-state index is 0.275. The number of carbonyl (C=O) groups excluding carboxylic acids is 1. The first kappa shape index (κ1) is 16.8. The minimum atomic E-state index is -0.417. The summed E-state index contributed by atoms with van der Waals surface area (Å²) in [6, 6.07) is 0.275. The number of rotatable bonds is 3. The van der Waals surface area contributed by atoms with E-state index in [0.29, 0.717) is 5.41 Å². The van der Waals surface area contributed by atoms with Gasteiger partial charge in [-0.15, -0.1) is 0 Å². The summed E-state index contributed by atoms with van der Waals surface area (Å²) in [5.41, 5.74) is -0.0733. The maximum absolute atomic E-state index is 11.7. The third-order valence-corrected chi connectivity index (χ3v) is 5.34. The summed E-state index contributed by atoms with van der Waals surface area (Å²) in [6.07, 6.45) is 4.19. The molecule has 0 aromatic carbocycles. The molecule has 1 aliphatic rings. The molecule has 0 aromatic heterocycles. The van der Waals surface area contributed by atoms with Crippen molar-refractivity contribution >= 4 is 22.0 Å². The Bertz CT molecular complexity index is 302. The monoisotopic (exact) mass is 333 g/mol. The Kier molecular flexibility index (Phi) is 5.72. The van der Waals surface area contributed by atoms with Crippen LogP contribution in [0, 0.1) is 11.3 Å². The van der Waals surface area contributed by atoms with Gasteiger partial charge in [0.2, 0.25) is 0 Å². The maximum atomic E-state index is 11.7. The lowest BCUT2D eigenvalue weighted by molar-refractivity contribution is 0.0476. The standard InChI is InChI=1S/C15H28BrNO2/c1-14(2,3)19-13(18)17-12-8-6-11(7-9-12)15(4,5)10-16/h11-12H,6-10H2,1-5H3,(H,17,18). The molecule has 0 aliphatic heterocycles. The maximum Gasteiger partial charge on any atom is 0.407 e. The molecular weight excluding hydrogens is 306 g/mol. The highest BCUT2D eigenvalue weighted by Crippen LogP contribution is 2.39. The Balaban J connectivity index is 2.37. The van der Waals surface area contributed by atoms with Crippen molar-refractivity contribution in [1.29, 1.82) is 0 Å². The van der Waals surface area contributed by atoms with Crippen LogP contribution in [0.25, 0.3) is 0 Å². The summed E-state index contributed by atoms with van der Waals surface area (Å²) < 4.78 is 5.30. The third-order valence-electron chi connectivity index (χ3n) is 3.90. The van der Waals surface area contributed by atoms with E-state index in [9.17, 15) is 4.79 Å². The Labute approximate surface area is 126 Å². The van der Waals surface area contributed by atoms with Gasteiger partial charge in [0.05, 0.1) is 0 Å². The first-order chi connectivity index (χ1) is 8.64. The second kappa shape index (κ2) is 6.47. The number of amides is 1. The summed E-state index contributed by atoms with van der Waals surface area (Å²) in [6.45, 7) is 10.3. The molecule has 1 aliphatic carbocycles. The normalized spacial score (nSPS) is 24.9. The third kappa shape index (κ3) is 5.72. The Morgan fingerprint density at radius 3 is 2.11 bits per heavy atom. The number of alkyl carbamates (subject to hydrolysis) is 1. The predicted octanol–water partition coefficient (Wildman–Crippen LogP) is 4.49. The lowest BCUT2D eigenvalue weighted by Gasteiger charge is -2.38. The molecule has 1 N–H and O–H groups in total. The topological polar surface area (TPSA) is 38.3 Å². The summed E-state index contributed by atoms with van der Waals surface area (Å²) in [5.74, 6) is 0.739. The molecule has 0 saturated heterocycles. The van der Waals surface area contributed by atoms with Crippen LogP contribution < -0.4 is 5.32 Å². The minimum Gasteiger partial charge on any atom is -0.444 e. The van der Waals surface area contributed by atoms with Gasteiger partial charge in [0.25, 0.3) is 0 Å². The van der Waals surface area contributed by atoms with Crippen LogP contribution in [0.5, 0.6) is 0 Å². The van der Waals surface area contributed by atoms with Gasteiger partial charge in [0.1, 0.15) is 5.60 Å². The van der Waals surface area contributed by atoms with Gasteiger partial charge in [-0.1, -0.05) is 29.8 Å². The van der Waals surface area contributed by atoms with Crippen molar-refractivity contribution in [2.24, 2.45) is 11.3 Å². The molecule has 0 spiro atoms. The van der Waals surface area contributed by atoms with E-state index in [1.807, 2.05) is 20.8 Å². The average Bonchev–Trinajstić information content (AvgIpc) is 2.27. The molecule has 3 nitrogen and oxygen atoms in total. The van der Waals surface area contributed by atoms with Gasteiger partial charge in [-0.2, -0.15) is 0 Å². The van der Waals surface area contributed by atoms with E-state index >= 15 is 0 Å². The molecule has 0 radical (unpaired) electrons. The molecule has 19 heavy (non-hydrogen) atoms. The van der Waals surface area contributed by atoms with E-state index in [1.54, 1.807) is 0 Å². The summed E-state index contributed by atoms with van der Waals surface area (Å²) in [4.78, 5) is 11.7. The van der Waals surface area contributed by atoms with Crippen LogP contribution in [-0.2, 0) is 4.74 Å². The number of halogens is 1. The van der Waals surface area contributed by atoms with E-state index in [4.69, 9.17) is 4.74 Å². The van der Waals surface area contributed by atoms with Crippen molar-refractivity contribution in [3.8, 4) is 0 Å². The van der Waals surface area contributed by atoms with Crippen LogP contribution in [0.3, 0.4) is 0 Å². The van der Waals surface area contributed by atoms with E-state index in [1.165, 1.54) is 12.8 Å².